The zero-order valence-electron chi connectivity index (χ0n) is 31.3. The summed E-state index contributed by atoms with van der Waals surface area (Å²) in [4.78, 5) is 2.39. The average molecular weight is 719 g/mol. The molecule has 56 heavy (non-hydrogen) atoms. The third-order valence-corrected chi connectivity index (χ3v) is 11.8. The Balaban J connectivity index is 1.05. The van der Waals surface area contributed by atoms with Crippen LogP contribution in [-0.4, -0.2) is 4.40 Å². The maximum absolute atomic E-state index is 6.72. The van der Waals surface area contributed by atoms with Gasteiger partial charge in [-0.2, -0.15) is 0 Å². The second kappa shape index (κ2) is 12.5. The van der Waals surface area contributed by atoms with Gasteiger partial charge < -0.3 is 9.32 Å². The van der Waals surface area contributed by atoms with E-state index in [1.807, 2.05) is 0 Å². The number of aromatic nitrogens is 1. The molecule has 0 atom stereocenters. The van der Waals surface area contributed by atoms with E-state index in [1.165, 1.54) is 49.9 Å². The molecule has 3 heteroatoms. The largest absolute Gasteiger partial charge is 0.438 e. The van der Waals surface area contributed by atoms with Gasteiger partial charge in [0.15, 0.2) is 5.58 Å². The van der Waals surface area contributed by atoms with Crippen molar-refractivity contribution in [1.82, 2.24) is 4.40 Å². The van der Waals surface area contributed by atoms with Crippen LogP contribution in [-0.2, 0) is 5.41 Å². The number of hydrogen-bond donors (Lipinski definition) is 0. The van der Waals surface area contributed by atoms with E-state index >= 15 is 0 Å². The van der Waals surface area contributed by atoms with E-state index in [9.17, 15) is 0 Å². The first kappa shape index (κ1) is 32.3. The van der Waals surface area contributed by atoms with Gasteiger partial charge in [0.25, 0.3) is 0 Å². The van der Waals surface area contributed by atoms with E-state index in [4.69, 9.17) is 4.42 Å². The lowest BCUT2D eigenvalue weighted by molar-refractivity contribution is 0.658. The molecule has 2 heterocycles. The van der Waals surface area contributed by atoms with E-state index in [0.29, 0.717) is 0 Å². The minimum atomic E-state index is -0.106. The summed E-state index contributed by atoms with van der Waals surface area (Å²) in [5.74, 6) is 0. The lowest BCUT2D eigenvalue weighted by atomic mass is 9.82. The molecule has 0 radical (unpaired) electrons. The van der Waals surface area contributed by atoms with Crippen LogP contribution in [0.25, 0.3) is 72.2 Å². The maximum atomic E-state index is 6.72. The van der Waals surface area contributed by atoms with Gasteiger partial charge in [-0.05, 0) is 105 Å². The monoisotopic (exact) mass is 718 g/mol. The molecule has 1 aliphatic carbocycles. The average Bonchev–Trinajstić information content (AvgIpc) is 3.86. The van der Waals surface area contributed by atoms with Crippen LogP contribution in [0.3, 0.4) is 0 Å². The fourth-order valence-electron chi connectivity index (χ4n) is 9.01. The third-order valence-electron chi connectivity index (χ3n) is 11.8. The smallest absolute Gasteiger partial charge is 0.213 e. The Labute approximate surface area is 326 Å². The summed E-state index contributed by atoms with van der Waals surface area (Å²) in [7, 11) is 0. The van der Waals surface area contributed by atoms with Crippen LogP contribution >= 0.6 is 0 Å². The van der Waals surface area contributed by atoms with Gasteiger partial charge >= 0.3 is 0 Å². The molecule has 0 fully saturated rings. The Hall–Kier alpha value is -7.10. The van der Waals surface area contributed by atoms with Gasteiger partial charge in [-0.25, -0.2) is 0 Å². The molecule has 0 spiro atoms. The number of benzene rings is 8. The first-order chi connectivity index (χ1) is 27.5. The normalized spacial score (nSPS) is 13.0. The van der Waals surface area contributed by atoms with E-state index < -0.39 is 0 Å². The van der Waals surface area contributed by atoms with Crippen LogP contribution < -0.4 is 4.90 Å². The number of nitrogens with zero attached hydrogens (tertiary/aromatic N) is 2. The first-order valence-electron chi connectivity index (χ1n) is 19.3. The Kier molecular flexibility index (Phi) is 7.20. The van der Waals surface area contributed by atoms with Gasteiger partial charge in [-0.1, -0.05) is 153 Å². The molecule has 0 N–H and O–H groups in total. The summed E-state index contributed by atoms with van der Waals surface area (Å²) >= 11 is 0. The fraction of sp³-hybridized carbons (Fsp3) is 0.0566. The van der Waals surface area contributed by atoms with Gasteiger partial charge in [0.1, 0.15) is 0 Å². The lowest BCUT2D eigenvalue weighted by Gasteiger charge is -2.28. The van der Waals surface area contributed by atoms with Gasteiger partial charge in [0.2, 0.25) is 5.71 Å². The molecule has 11 rings (SSSR count). The van der Waals surface area contributed by atoms with Crippen molar-refractivity contribution in [2.24, 2.45) is 0 Å². The number of para-hydroxylation sites is 1. The first-order valence-corrected chi connectivity index (χ1v) is 19.3. The number of anilines is 3. The van der Waals surface area contributed by atoms with Crippen LogP contribution in [0.4, 0.5) is 17.1 Å². The minimum Gasteiger partial charge on any atom is -0.438 e. The van der Waals surface area contributed by atoms with E-state index in [1.54, 1.807) is 0 Å². The van der Waals surface area contributed by atoms with Crippen LogP contribution in [0.2, 0.25) is 0 Å². The summed E-state index contributed by atoms with van der Waals surface area (Å²) in [6, 6.07) is 70.0. The van der Waals surface area contributed by atoms with Crippen LogP contribution in [0.15, 0.2) is 199 Å². The molecule has 266 valence electrons. The summed E-state index contributed by atoms with van der Waals surface area (Å²) in [5.41, 5.74) is 19.5. The molecule has 2 aromatic heterocycles. The zero-order chi connectivity index (χ0) is 37.4. The standard InChI is InChI=1S/C53H38N2O/c1-53(2)46-19-11-9-17-43(46)44-31-30-42(34-47(44)53)54(40-26-21-37(22-27-40)35-13-5-3-6-14-35)41-28-23-38(24-29-41)51-45-18-10-12-20-48(45)55-49-33-39(36-15-7-4-8-16-36)25-32-50(49)56-52(51)55/h3-34H,1-2H3. The molecular formula is C53H38N2O. The molecular weight excluding hydrogens is 681 g/mol. The molecule has 0 unspecified atom stereocenters. The highest BCUT2D eigenvalue weighted by atomic mass is 16.3. The van der Waals surface area contributed by atoms with E-state index in [2.05, 4.69) is 217 Å². The van der Waals surface area contributed by atoms with Crippen molar-refractivity contribution < 1.29 is 4.42 Å². The van der Waals surface area contributed by atoms with Crippen molar-refractivity contribution in [3.8, 4) is 44.5 Å². The Morgan fingerprint density at radius 2 is 0.982 bits per heavy atom. The maximum Gasteiger partial charge on any atom is 0.213 e. The van der Waals surface area contributed by atoms with Crippen LogP contribution in [0, 0.1) is 0 Å². The minimum absolute atomic E-state index is 0.106. The molecule has 0 aliphatic heterocycles. The molecule has 1 aliphatic rings. The van der Waals surface area contributed by atoms with E-state index in [0.717, 1.165) is 50.5 Å². The molecule has 3 nitrogen and oxygen atoms in total. The van der Waals surface area contributed by atoms with Gasteiger partial charge in [0.05, 0.1) is 16.6 Å². The number of hydrogen-bond acceptors (Lipinski definition) is 2. The highest BCUT2D eigenvalue weighted by molar-refractivity contribution is 6.07. The lowest BCUT2D eigenvalue weighted by Crippen LogP contribution is -2.16. The molecule has 10 aromatic rings. The highest BCUT2D eigenvalue weighted by Crippen LogP contribution is 2.51. The predicted octanol–water partition coefficient (Wildman–Crippen LogP) is 14.6. The van der Waals surface area contributed by atoms with Crippen molar-refractivity contribution in [2.45, 2.75) is 19.3 Å². The third kappa shape index (κ3) is 4.98. The molecule has 0 saturated heterocycles. The topological polar surface area (TPSA) is 20.8 Å². The molecule has 0 bridgehead atoms. The van der Waals surface area contributed by atoms with Crippen molar-refractivity contribution in [2.75, 3.05) is 4.90 Å². The fourth-order valence-corrected chi connectivity index (χ4v) is 9.01. The highest BCUT2D eigenvalue weighted by Gasteiger charge is 2.35. The Morgan fingerprint density at radius 3 is 1.71 bits per heavy atom. The second-order valence-corrected chi connectivity index (χ2v) is 15.4. The quantitative estimate of drug-likeness (QED) is 0.171. The molecule has 8 aromatic carbocycles. The van der Waals surface area contributed by atoms with Gasteiger partial charge in [-0.15, -0.1) is 0 Å². The van der Waals surface area contributed by atoms with Crippen molar-refractivity contribution in [3.05, 3.63) is 205 Å². The number of fused-ring (bicyclic) bond motifs is 8. The van der Waals surface area contributed by atoms with Crippen molar-refractivity contribution >= 4 is 44.8 Å². The Bertz CT molecular complexity index is 3080. The molecule has 0 saturated carbocycles. The summed E-state index contributed by atoms with van der Waals surface area (Å²) in [6.45, 7) is 4.69. The van der Waals surface area contributed by atoms with Crippen molar-refractivity contribution in [1.29, 1.82) is 0 Å². The number of oxazole rings is 1. The van der Waals surface area contributed by atoms with Gasteiger partial charge in [0, 0.05) is 27.9 Å². The summed E-state index contributed by atoms with van der Waals surface area (Å²) < 4.78 is 9.00. The van der Waals surface area contributed by atoms with Gasteiger partial charge in [-0.3, -0.25) is 4.40 Å². The van der Waals surface area contributed by atoms with Crippen LogP contribution in [0.1, 0.15) is 25.0 Å². The SMILES string of the molecule is CC1(C)c2ccccc2-c2ccc(N(c3ccc(-c4ccccc4)cc3)c3ccc(-c4c5ccccc5n5c4oc4ccc(-c6ccccc6)cc45)cc3)cc21. The second-order valence-electron chi connectivity index (χ2n) is 15.4. The number of rotatable bonds is 6. The predicted molar refractivity (Wildman–Crippen MR) is 233 cm³/mol. The van der Waals surface area contributed by atoms with Crippen LogP contribution in [0.5, 0.6) is 0 Å². The van der Waals surface area contributed by atoms with Crippen molar-refractivity contribution in [3.63, 3.8) is 0 Å². The zero-order valence-corrected chi connectivity index (χ0v) is 31.3. The summed E-state index contributed by atoms with van der Waals surface area (Å²) in [5, 5.41) is 1.17. The summed E-state index contributed by atoms with van der Waals surface area (Å²) in [6.07, 6.45) is 0. The molecule has 0 amide bonds. The Morgan fingerprint density at radius 1 is 0.429 bits per heavy atom. The van der Waals surface area contributed by atoms with E-state index in [-0.39, 0.29) is 5.41 Å².